The van der Waals surface area contributed by atoms with Crippen LogP contribution in [0.5, 0.6) is 0 Å². The molecule has 4 heteroatoms. The largest absolute Gasteiger partial charge is 0.349 e. The second-order valence-electron chi connectivity index (χ2n) is 6.91. The lowest BCUT2D eigenvalue weighted by Crippen LogP contribution is -2.33. The molecule has 2 fully saturated rings. The van der Waals surface area contributed by atoms with Crippen molar-refractivity contribution in [1.82, 2.24) is 14.4 Å². The number of rotatable bonds is 4. The van der Waals surface area contributed by atoms with Gasteiger partial charge in [-0.25, -0.2) is 0 Å². The molecule has 0 bridgehead atoms. The van der Waals surface area contributed by atoms with E-state index in [0.29, 0.717) is 0 Å². The van der Waals surface area contributed by atoms with Crippen molar-refractivity contribution in [2.75, 3.05) is 26.2 Å². The zero-order valence-electron chi connectivity index (χ0n) is 13.9. The molecule has 0 aromatic carbocycles. The molecule has 3 rings (SSSR count). The summed E-state index contributed by atoms with van der Waals surface area (Å²) in [7, 11) is 2.12. The number of aromatic nitrogens is 1. The number of nitrogens with zero attached hydrogens (tertiary/aromatic N) is 3. The zero-order valence-corrected chi connectivity index (χ0v) is 13.9. The lowest BCUT2D eigenvalue weighted by atomic mass is 10.1. The van der Waals surface area contributed by atoms with Crippen molar-refractivity contribution in [3.8, 4) is 0 Å². The fourth-order valence-corrected chi connectivity index (χ4v) is 3.74. The van der Waals surface area contributed by atoms with Gasteiger partial charge in [0.15, 0.2) is 5.43 Å². The van der Waals surface area contributed by atoms with Gasteiger partial charge in [-0.2, -0.15) is 0 Å². The highest BCUT2D eigenvalue weighted by Gasteiger charge is 2.15. The molecule has 0 N–H and O–H groups in total. The Morgan fingerprint density at radius 2 is 1.18 bits per heavy atom. The van der Waals surface area contributed by atoms with E-state index < -0.39 is 0 Å². The molecule has 0 saturated carbocycles. The Hall–Kier alpha value is -1.13. The van der Waals surface area contributed by atoms with Gasteiger partial charge in [-0.3, -0.25) is 14.6 Å². The van der Waals surface area contributed by atoms with Crippen molar-refractivity contribution in [3.63, 3.8) is 0 Å². The van der Waals surface area contributed by atoms with Gasteiger partial charge in [0.25, 0.3) is 0 Å². The quantitative estimate of drug-likeness (QED) is 0.855. The molecule has 2 saturated heterocycles. The summed E-state index contributed by atoms with van der Waals surface area (Å²) in [6.07, 6.45) is 7.88. The van der Waals surface area contributed by atoms with Gasteiger partial charge in [0.1, 0.15) is 0 Å². The minimum absolute atomic E-state index is 0.164. The normalized spacial score (nSPS) is 21.1. The lowest BCUT2D eigenvalue weighted by Gasteiger charge is -2.29. The van der Waals surface area contributed by atoms with Crippen LogP contribution in [0, 0.1) is 0 Å². The van der Waals surface area contributed by atoms with Gasteiger partial charge in [-0.1, -0.05) is 12.8 Å². The van der Waals surface area contributed by atoms with E-state index in [1.54, 1.807) is 0 Å². The summed E-state index contributed by atoms with van der Waals surface area (Å²) in [5.74, 6) is 0. The minimum Gasteiger partial charge on any atom is -0.349 e. The highest BCUT2D eigenvalue weighted by molar-refractivity contribution is 5.14. The van der Waals surface area contributed by atoms with Gasteiger partial charge < -0.3 is 4.57 Å². The molecular formula is C18H29N3O. The molecule has 2 aliphatic heterocycles. The number of hydrogen-bond acceptors (Lipinski definition) is 3. The van der Waals surface area contributed by atoms with Gasteiger partial charge in [0.05, 0.1) is 0 Å². The lowest BCUT2D eigenvalue weighted by molar-refractivity contribution is 0.208. The monoisotopic (exact) mass is 303 g/mol. The Labute approximate surface area is 133 Å². The van der Waals surface area contributed by atoms with E-state index in [9.17, 15) is 4.79 Å². The molecule has 0 atom stereocenters. The molecule has 3 heterocycles. The third kappa shape index (κ3) is 3.99. The SMILES string of the molecule is Cn1c(CN2CCCCC2)cc(=O)cc1CN1CCCCC1. The van der Waals surface area contributed by atoms with Crippen LogP contribution in [0.4, 0.5) is 0 Å². The van der Waals surface area contributed by atoms with E-state index in [4.69, 9.17) is 0 Å². The molecule has 122 valence electrons. The maximum Gasteiger partial charge on any atom is 0.182 e. The standard InChI is InChI=1S/C18H29N3O/c1-19-16(14-20-8-4-2-5-9-20)12-18(22)13-17(19)15-21-10-6-3-7-11-21/h12-13H,2-11,14-15H2,1H3. The summed E-state index contributed by atoms with van der Waals surface area (Å²) in [6, 6.07) is 3.66. The Balaban J connectivity index is 1.73. The van der Waals surface area contributed by atoms with Crippen LogP contribution in [0.25, 0.3) is 0 Å². The van der Waals surface area contributed by atoms with E-state index in [1.165, 1.54) is 76.1 Å². The Bertz CT molecular complexity index is 496. The fourth-order valence-electron chi connectivity index (χ4n) is 3.74. The number of likely N-dealkylation sites (tertiary alicyclic amines) is 2. The van der Waals surface area contributed by atoms with Crippen LogP contribution in [0.3, 0.4) is 0 Å². The average molecular weight is 303 g/mol. The Morgan fingerprint density at radius 3 is 1.59 bits per heavy atom. The highest BCUT2D eigenvalue weighted by Crippen LogP contribution is 2.15. The third-order valence-electron chi connectivity index (χ3n) is 5.15. The minimum atomic E-state index is 0.164. The summed E-state index contributed by atoms with van der Waals surface area (Å²) in [5.41, 5.74) is 2.50. The predicted octanol–water partition coefficient (Wildman–Crippen LogP) is 2.36. The van der Waals surface area contributed by atoms with Crippen LogP contribution in [0.1, 0.15) is 49.9 Å². The first-order valence-corrected chi connectivity index (χ1v) is 8.86. The first-order chi connectivity index (χ1) is 10.7. The molecule has 1 aromatic rings. The topological polar surface area (TPSA) is 28.5 Å². The second kappa shape index (κ2) is 7.42. The molecule has 1 aromatic heterocycles. The number of pyridine rings is 1. The number of piperidine rings is 2. The predicted molar refractivity (Wildman–Crippen MR) is 89.9 cm³/mol. The Kier molecular flexibility index (Phi) is 5.32. The van der Waals surface area contributed by atoms with E-state index >= 15 is 0 Å². The van der Waals surface area contributed by atoms with Gasteiger partial charge >= 0.3 is 0 Å². The van der Waals surface area contributed by atoms with Crippen molar-refractivity contribution in [2.24, 2.45) is 7.05 Å². The molecule has 0 radical (unpaired) electrons. The van der Waals surface area contributed by atoms with Gasteiger partial charge in [0, 0.05) is 43.7 Å². The van der Waals surface area contributed by atoms with Crippen LogP contribution < -0.4 is 5.43 Å². The van der Waals surface area contributed by atoms with Crippen LogP contribution in [0.15, 0.2) is 16.9 Å². The van der Waals surface area contributed by atoms with Crippen LogP contribution in [0.2, 0.25) is 0 Å². The third-order valence-corrected chi connectivity index (χ3v) is 5.15. The van der Waals surface area contributed by atoms with Crippen LogP contribution in [-0.4, -0.2) is 40.5 Å². The zero-order chi connectivity index (χ0) is 15.4. The van der Waals surface area contributed by atoms with Crippen molar-refractivity contribution in [2.45, 2.75) is 51.6 Å². The summed E-state index contributed by atoms with van der Waals surface area (Å²) in [4.78, 5) is 17.1. The average Bonchev–Trinajstić information content (AvgIpc) is 2.54. The van der Waals surface area contributed by atoms with E-state index in [0.717, 1.165) is 13.1 Å². The van der Waals surface area contributed by atoms with Crippen molar-refractivity contribution < 1.29 is 0 Å². The maximum atomic E-state index is 12.1. The van der Waals surface area contributed by atoms with Crippen molar-refractivity contribution in [1.29, 1.82) is 0 Å². The summed E-state index contributed by atoms with van der Waals surface area (Å²) >= 11 is 0. The first kappa shape index (κ1) is 15.8. The second-order valence-corrected chi connectivity index (χ2v) is 6.91. The molecule has 2 aliphatic rings. The van der Waals surface area contributed by atoms with Gasteiger partial charge in [0.2, 0.25) is 0 Å². The van der Waals surface area contributed by atoms with Gasteiger partial charge in [-0.15, -0.1) is 0 Å². The maximum absolute atomic E-state index is 12.1. The summed E-state index contributed by atoms with van der Waals surface area (Å²) in [5, 5.41) is 0. The van der Waals surface area contributed by atoms with E-state index in [-0.39, 0.29) is 5.43 Å². The highest BCUT2D eigenvalue weighted by atomic mass is 16.1. The Morgan fingerprint density at radius 1 is 0.773 bits per heavy atom. The van der Waals surface area contributed by atoms with Crippen LogP contribution in [-0.2, 0) is 20.1 Å². The summed E-state index contributed by atoms with van der Waals surface area (Å²) < 4.78 is 2.25. The van der Waals surface area contributed by atoms with Gasteiger partial charge in [-0.05, 0) is 51.9 Å². The first-order valence-electron chi connectivity index (χ1n) is 8.86. The number of hydrogen-bond donors (Lipinski definition) is 0. The molecule has 0 unspecified atom stereocenters. The van der Waals surface area contributed by atoms with E-state index in [1.807, 2.05) is 12.1 Å². The summed E-state index contributed by atoms with van der Waals surface area (Å²) in [6.45, 7) is 6.52. The van der Waals surface area contributed by atoms with E-state index in [2.05, 4.69) is 21.4 Å². The smallest absolute Gasteiger partial charge is 0.182 e. The molecular weight excluding hydrogens is 274 g/mol. The molecule has 0 aliphatic carbocycles. The van der Waals surface area contributed by atoms with Crippen LogP contribution >= 0.6 is 0 Å². The van der Waals surface area contributed by atoms with Crippen molar-refractivity contribution >= 4 is 0 Å². The molecule has 0 spiro atoms. The molecule has 0 amide bonds. The molecule has 4 nitrogen and oxygen atoms in total. The van der Waals surface area contributed by atoms with Crippen molar-refractivity contribution in [3.05, 3.63) is 33.7 Å². The fraction of sp³-hybridized carbons (Fsp3) is 0.722. The molecule has 22 heavy (non-hydrogen) atoms.